The highest BCUT2D eigenvalue weighted by Gasteiger charge is 2.19. The number of aromatic carboxylic acids is 1. The van der Waals surface area contributed by atoms with Gasteiger partial charge in [0.2, 0.25) is 0 Å². The van der Waals surface area contributed by atoms with E-state index in [1.54, 1.807) is 12.1 Å². The largest absolute Gasteiger partial charge is 0.478 e. The standard InChI is InChI=1S/C16H19N3O3/c1-9(2)14-13(10(3)18-19-14)15(20)17-8-11-4-6-12(7-5-11)16(21)22/h4-7,9H,8H2,1-3H3,(H,17,20)(H,18,19)(H,21,22). The minimum atomic E-state index is -0.966. The molecule has 116 valence electrons. The molecule has 1 heterocycles. The van der Waals surface area contributed by atoms with Gasteiger partial charge in [-0.25, -0.2) is 4.79 Å². The monoisotopic (exact) mass is 301 g/mol. The molecular formula is C16H19N3O3. The molecule has 0 saturated carbocycles. The average molecular weight is 301 g/mol. The molecule has 2 aromatic rings. The second kappa shape index (κ2) is 6.43. The maximum Gasteiger partial charge on any atom is 0.335 e. The van der Waals surface area contributed by atoms with Gasteiger partial charge in [-0.1, -0.05) is 26.0 Å². The summed E-state index contributed by atoms with van der Waals surface area (Å²) in [6.07, 6.45) is 0. The molecule has 2 rings (SSSR count). The normalized spacial score (nSPS) is 10.7. The van der Waals surface area contributed by atoms with Crippen LogP contribution >= 0.6 is 0 Å². The quantitative estimate of drug-likeness (QED) is 0.790. The molecule has 6 heteroatoms. The molecule has 0 radical (unpaired) electrons. The van der Waals surface area contributed by atoms with Gasteiger partial charge in [0.15, 0.2) is 0 Å². The van der Waals surface area contributed by atoms with Crippen LogP contribution in [0.5, 0.6) is 0 Å². The topological polar surface area (TPSA) is 95.1 Å². The number of carbonyl (C=O) groups is 2. The summed E-state index contributed by atoms with van der Waals surface area (Å²) in [6.45, 7) is 6.12. The van der Waals surface area contributed by atoms with Crippen molar-refractivity contribution in [3.05, 3.63) is 52.3 Å². The highest BCUT2D eigenvalue weighted by molar-refractivity contribution is 5.96. The smallest absolute Gasteiger partial charge is 0.335 e. The number of aromatic amines is 1. The first kappa shape index (κ1) is 15.8. The van der Waals surface area contributed by atoms with Crippen molar-refractivity contribution in [2.45, 2.75) is 33.2 Å². The number of carboxylic acids is 1. The summed E-state index contributed by atoms with van der Waals surface area (Å²) in [5, 5.41) is 18.7. The predicted molar refractivity (Wildman–Crippen MR) is 82.0 cm³/mol. The van der Waals surface area contributed by atoms with Gasteiger partial charge in [0.25, 0.3) is 5.91 Å². The van der Waals surface area contributed by atoms with Crippen molar-refractivity contribution in [1.82, 2.24) is 15.5 Å². The van der Waals surface area contributed by atoms with Crippen LogP contribution in [0, 0.1) is 6.92 Å². The van der Waals surface area contributed by atoms with E-state index in [2.05, 4.69) is 15.5 Å². The van der Waals surface area contributed by atoms with Crippen molar-refractivity contribution >= 4 is 11.9 Å². The molecule has 1 aromatic heterocycles. The molecule has 1 amide bonds. The lowest BCUT2D eigenvalue weighted by atomic mass is 10.0. The summed E-state index contributed by atoms with van der Waals surface area (Å²) in [7, 11) is 0. The number of hydrogen-bond donors (Lipinski definition) is 3. The van der Waals surface area contributed by atoms with Gasteiger partial charge in [-0.15, -0.1) is 0 Å². The van der Waals surface area contributed by atoms with Gasteiger partial charge in [0.05, 0.1) is 16.8 Å². The average Bonchev–Trinajstić information content (AvgIpc) is 2.87. The first-order valence-corrected chi connectivity index (χ1v) is 7.05. The number of rotatable bonds is 5. The van der Waals surface area contributed by atoms with E-state index in [-0.39, 0.29) is 17.4 Å². The van der Waals surface area contributed by atoms with Crippen LogP contribution < -0.4 is 5.32 Å². The van der Waals surface area contributed by atoms with E-state index >= 15 is 0 Å². The van der Waals surface area contributed by atoms with Gasteiger partial charge in [0, 0.05) is 12.2 Å². The molecule has 0 spiro atoms. The zero-order chi connectivity index (χ0) is 16.3. The van der Waals surface area contributed by atoms with E-state index < -0.39 is 5.97 Å². The fraction of sp³-hybridized carbons (Fsp3) is 0.312. The van der Waals surface area contributed by atoms with Crippen LogP contribution in [0.1, 0.15) is 57.4 Å². The van der Waals surface area contributed by atoms with Crippen molar-refractivity contribution in [1.29, 1.82) is 0 Å². The van der Waals surface area contributed by atoms with Gasteiger partial charge in [-0.2, -0.15) is 5.10 Å². The molecule has 0 fully saturated rings. The minimum absolute atomic E-state index is 0.153. The van der Waals surface area contributed by atoms with Crippen LogP contribution in [0.15, 0.2) is 24.3 Å². The maximum absolute atomic E-state index is 12.3. The van der Waals surface area contributed by atoms with Crippen molar-refractivity contribution in [3.8, 4) is 0 Å². The summed E-state index contributed by atoms with van der Waals surface area (Å²) < 4.78 is 0. The van der Waals surface area contributed by atoms with Crippen LogP contribution in [0.3, 0.4) is 0 Å². The van der Waals surface area contributed by atoms with Gasteiger partial charge in [-0.05, 0) is 30.5 Å². The summed E-state index contributed by atoms with van der Waals surface area (Å²) in [4.78, 5) is 23.1. The number of H-pyrrole nitrogens is 1. The number of nitrogens with zero attached hydrogens (tertiary/aromatic N) is 1. The Balaban J connectivity index is 2.07. The van der Waals surface area contributed by atoms with E-state index in [9.17, 15) is 9.59 Å². The third-order valence-electron chi connectivity index (χ3n) is 3.40. The zero-order valence-electron chi connectivity index (χ0n) is 12.8. The Kier molecular flexibility index (Phi) is 4.60. The number of hydrogen-bond acceptors (Lipinski definition) is 3. The molecule has 0 atom stereocenters. The number of aryl methyl sites for hydroxylation is 1. The molecule has 0 aliphatic carbocycles. The molecule has 0 unspecified atom stereocenters. The van der Waals surface area contributed by atoms with Crippen LogP contribution in [-0.2, 0) is 6.54 Å². The molecule has 0 aliphatic rings. The number of carbonyl (C=O) groups excluding carboxylic acids is 1. The van der Waals surface area contributed by atoms with E-state index in [1.807, 2.05) is 20.8 Å². The summed E-state index contributed by atoms with van der Waals surface area (Å²) in [6, 6.07) is 6.42. The highest BCUT2D eigenvalue weighted by Crippen LogP contribution is 2.19. The Morgan fingerprint density at radius 2 is 1.91 bits per heavy atom. The third kappa shape index (κ3) is 3.33. The lowest BCUT2D eigenvalue weighted by molar-refractivity contribution is 0.0696. The fourth-order valence-corrected chi connectivity index (χ4v) is 2.19. The Morgan fingerprint density at radius 1 is 1.27 bits per heavy atom. The van der Waals surface area contributed by atoms with E-state index in [0.717, 1.165) is 17.0 Å². The molecule has 22 heavy (non-hydrogen) atoms. The second-order valence-corrected chi connectivity index (χ2v) is 5.45. The SMILES string of the molecule is Cc1[nH]nc(C(C)C)c1C(=O)NCc1ccc(C(=O)O)cc1. The number of amides is 1. The van der Waals surface area contributed by atoms with Crippen molar-refractivity contribution < 1.29 is 14.7 Å². The number of nitrogens with one attached hydrogen (secondary N) is 2. The lowest BCUT2D eigenvalue weighted by Gasteiger charge is -2.08. The summed E-state index contributed by atoms with van der Waals surface area (Å²) >= 11 is 0. The summed E-state index contributed by atoms with van der Waals surface area (Å²) in [5.41, 5.74) is 3.13. The number of aromatic nitrogens is 2. The fourth-order valence-electron chi connectivity index (χ4n) is 2.19. The van der Waals surface area contributed by atoms with Crippen LogP contribution in [0.25, 0.3) is 0 Å². The molecule has 3 N–H and O–H groups in total. The van der Waals surface area contributed by atoms with Crippen molar-refractivity contribution in [3.63, 3.8) is 0 Å². The molecule has 0 bridgehead atoms. The highest BCUT2D eigenvalue weighted by atomic mass is 16.4. The van der Waals surface area contributed by atoms with Crippen molar-refractivity contribution in [2.24, 2.45) is 0 Å². The summed E-state index contributed by atoms with van der Waals surface area (Å²) in [5.74, 6) is -0.996. The molecule has 0 aliphatic heterocycles. The van der Waals surface area contributed by atoms with Crippen LogP contribution in [0.4, 0.5) is 0 Å². The van der Waals surface area contributed by atoms with Crippen molar-refractivity contribution in [2.75, 3.05) is 0 Å². The maximum atomic E-state index is 12.3. The number of benzene rings is 1. The molecule has 1 aromatic carbocycles. The Morgan fingerprint density at radius 3 is 2.45 bits per heavy atom. The Bertz CT molecular complexity index is 687. The minimum Gasteiger partial charge on any atom is -0.478 e. The van der Waals surface area contributed by atoms with Gasteiger partial charge in [-0.3, -0.25) is 9.89 Å². The van der Waals surface area contributed by atoms with Crippen LogP contribution in [0.2, 0.25) is 0 Å². The van der Waals surface area contributed by atoms with E-state index in [0.29, 0.717) is 12.1 Å². The van der Waals surface area contributed by atoms with Gasteiger partial charge >= 0.3 is 5.97 Å². The first-order valence-electron chi connectivity index (χ1n) is 7.05. The first-order chi connectivity index (χ1) is 10.4. The second-order valence-electron chi connectivity index (χ2n) is 5.45. The molecular weight excluding hydrogens is 282 g/mol. The molecule has 0 saturated heterocycles. The zero-order valence-corrected chi connectivity index (χ0v) is 12.8. The number of carboxylic acid groups (broad SMARTS) is 1. The van der Waals surface area contributed by atoms with E-state index in [4.69, 9.17) is 5.11 Å². The predicted octanol–water partition coefficient (Wildman–Crippen LogP) is 2.47. The third-order valence-corrected chi connectivity index (χ3v) is 3.40. The Labute approximate surface area is 128 Å². The van der Waals surface area contributed by atoms with Crippen LogP contribution in [-0.4, -0.2) is 27.2 Å². The van der Waals surface area contributed by atoms with E-state index in [1.165, 1.54) is 12.1 Å². The molecule has 6 nitrogen and oxygen atoms in total. The van der Waals surface area contributed by atoms with Gasteiger partial charge in [0.1, 0.15) is 0 Å². The van der Waals surface area contributed by atoms with Gasteiger partial charge < -0.3 is 10.4 Å². The lowest BCUT2D eigenvalue weighted by Crippen LogP contribution is -2.24. The Hall–Kier alpha value is -2.63.